The molecule has 0 spiro atoms. The maximum atomic E-state index is 13.6. The molecule has 16 heteroatoms. The molecule has 7 rings (SSSR count). The highest BCUT2D eigenvalue weighted by Crippen LogP contribution is 2.36. The first-order valence-corrected chi connectivity index (χ1v) is 18.7. The number of rotatable bonds is 10. The monoisotopic (exact) mass is 753 g/mol. The summed E-state index contributed by atoms with van der Waals surface area (Å²) in [7, 11) is 2.56. The number of oxazole rings is 1. The van der Waals surface area contributed by atoms with Crippen molar-refractivity contribution in [3.05, 3.63) is 54.2 Å². The van der Waals surface area contributed by atoms with Gasteiger partial charge in [-0.15, -0.1) is 0 Å². The third-order valence-electron chi connectivity index (χ3n) is 10.5. The second kappa shape index (κ2) is 15.4. The van der Waals surface area contributed by atoms with Gasteiger partial charge < -0.3 is 44.3 Å². The van der Waals surface area contributed by atoms with Crippen LogP contribution in [0.25, 0.3) is 44.8 Å². The number of likely N-dealkylation sites (tertiary alicyclic amines) is 2. The van der Waals surface area contributed by atoms with E-state index in [1.807, 2.05) is 64.1 Å². The first-order chi connectivity index (χ1) is 26.4. The molecule has 3 aromatic heterocycles. The number of ether oxygens (including phenoxy) is 2. The summed E-state index contributed by atoms with van der Waals surface area (Å²) in [5.41, 5.74) is 4.65. The predicted octanol–water partition coefficient (Wildman–Crippen LogP) is 5.85. The lowest BCUT2D eigenvalue weighted by Gasteiger charge is -2.29. The number of hydrogen-bond acceptors (Lipinski definition) is 10. The van der Waals surface area contributed by atoms with Gasteiger partial charge in [-0.05, 0) is 73.9 Å². The van der Waals surface area contributed by atoms with Crippen molar-refractivity contribution in [1.29, 1.82) is 0 Å². The van der Waals surface area contributed by atoms with E-state index in [9.17, 15) is 19.2 Å². The van der Waals surface area contributed by atoms with Gasteiger partial charge in [-0.3, -0.25) is 9.59 Å². The number of amides is 4. The Morgan fingerprint density at radius 3 is 1.69 bits per heavy atom. The molecule has 2 aromatic carbocycles. The van der Waals surface area contributed by atoms with Crippen LogP contribution in [-0.4, -0.2) is 98.1 Å². The maximum absolute atomic E-state index is 13.6. The molecule has 0 bridgehead atoms. The van der Waals surface area contributed by atoms with Gasteiger partial charge in [-0.2, -0.15) is 0 Å². The van der Waals surface area contributed by atoms with Gasteiger partial charge in [-0.25, -0.2) is 24.5 Å². The fourth-order valence-corrected chi connectivity index (χ4v) is 7.59. The van der Waals surface area contributed by atoms with Crippen molar-refractivity contribution in [2.75, 3.05) is 27.3 Å². The van der Waals surface area contributed by atoms with Crippen molar-refractivity contribution in [2.45, 2.75) is 77.5 Å². The lowest BCUT2D eigenvalue weighted by atomic mass is 10.0. The quantitative estimate of drug-likeness (QED) is 0.134. The number of nitrogens with zero attached hydrogens (tertiary/aromatic N) is 5. The molecule has 5 aromatic rings. The molecule has 2 aliphatic heterocycles. The van der Waals surface area contributed by atoms with E-state index < -0.39 is 24.3 Å². The van der Waals surface area contributed by atoms with Gasteiger partial charge in [0.1, 0.15) is 23.7 Å². The zero-order valence-electron chi connectivity index (χ0n) is 31.8. The van der Waals surface area contributed by atoms with Crippen LogP contribution in [0.3, 0.4) is 0 Å². The smallest absolute Gasteiger partial charge is 0.407 e. The number of carbonyl (C=O) groups is 4. The van der Waals surface area contributed by atoms with Crippen LogP contribution in [0.15, 0.2) is 47.0 Å². The summed E-state index contributed by atoms with van der Waals surface area (Å²) in [6, 6.07) is 9.58. The van der Waals surface area contributed by atoms with Crippen molar-refractivity contribution in [1.82, 2.24) is 45.4 Å². The van der Waals surface area contributed by atoms with Crippen molar-refractivity contribution in [2.24, 2.45) is 11.8 Å². The Morgan fingerprint density at radius 2 is 1.22 bits per heavy atom. The summed E-state index contributed by atoms with van der Waals surface area (Å²) in [5, 5.41) is 5.38. The lowest BCUT2D eigenvalue weighted by molar-refractivity contribution is -0.136. The lowest BCUT2D eigenvalue weighted by Crippen LogP contribution is -2.51. The van der Waals surface area contributed by atoms with Gasteiger partial charge in [0.05, 0.1) is 54.6 Å². The van der Waals surface area contributed by atoms with E-state index in [1.54, 1.807) is 16.0 Å². The van der Waals surface area contributed by atoms with E-state index >= 15 is 0 Å². The van der Waals surface area contributed by atoms with Crippen LogP contribution in [0.4, 0.5) is 9.59 Å². The van der Waals surface area contributed by atoms with Crippen LogP contribution in [0.1, 0.15) is 77.1 Å². The Morgan fingerprint density at radius 1 is 0.745 bits per heavy atom. The molecular weight excluding hydrogens is 706 g/mol. The average molecular weight is 754 g/mol. The van der Waals surface area contributed by atoms with E-state index in [0.29, 0.717) is 36.4 Å². The van der Waals surface area contributed by atoms with Gasteiger partial charge in [0.2, 0.25) is 17.7 Å². The van der Waals surface area contributed by atoms with Crippen molar-refractivity contribution < 1.29 is 33.1 Å². The average Bonchev–Trinajstić information content (AvgIpc) is 4.02. The first kappa shape index (κ1) is 37.4. The highest BCUT2D eigenvalue weighted by atomic mass is 16.5. The number of carbonyl (C=O) groups excluding carboxylic acids is 4. The molecule has 4 amide bonds. The third-order valence-corrected chi connectivity index (χ3v) is 10.5. The molecule has 2 aliphatic rings. The van der Waals surface area contributed by atoms with Crippen LogP contribution in [0.5, 0.6) is 0 Å². The number of nitrogens with one attached hydrogen (secondary N) is 4. The van der Waals surface area contributed by atoms with Crippen LogP contribution in [0, 0.1) is 11.8 Å². The molecule has 0 aliphatic carbocycles. The Labute approximate surface area is 317 Å². The number of alkyl carbamates (subject to hydrolysis) is 2. The zero-order chi connectivity index (χ0) is 39.0. The van der Waals surface area contributed by atoms with Gasteiger partial charge in [0.25, 0.3) is 0 Å². The number of aromatic nitrogens is 5. The molecule has 2 fully saturated rings. The van der Waals surface area contributed by atoms with E-state index in [0.717, 1.165) is 58.9 Å². The Balaban J connectivity index is 1.08. The third kappa shape index (κ3) is 7.44. The Bertz CT molecular complexity index is 2070. The minimum Gasteiger partial charge on any atom is -0.453 e. The fraction of sp³-hybridized carbons (Fsp3) is 0.462. The summed E-state index contributed by atoms with van der Waals surface area (Å²) >= 11 is 0. The van der Waals surface area contributed by atoms with Crippen LogP contribution in [0.2, 0.25) is 0 Å². The summed E-state index contributed by atoms with van der Waals surface area (Å²) < 4.78 is 15.8. The van der Waals surface area contributed by atoms with Gasteiger partial charge in [-0.1, -0.05) is 27.7 Å². The maximum Gasteiger partial charge on any atom is 0.407 e. The summed E-state index contributed by atoms with van der Waals surface area (Å²) in [6.45, 7) is 8.69. The molecule has 4 atom stereocenters. The number of H-pyrrole nitrogens is 2. The number of imidazole rings is 2. The van der Waals surface area contributed by atoms with Crippen molar-refractivity contribution in [3.63, 3.8) is 0 Å². The van der Waals surface area contributed by atoms with E-state index in [2.05, 4.69) is 25.6 Å². The molecule has 55 heavy (non-hydrogen) atoms. The molecule has 5 heterocycles. The first-order valence-electron chi connectivity index (χ1n) is 18.7. The second-order valence-electron chi connectivity index (χ2n) is 14.8. The SMILES string of the molecule is COC(=O)N[C@H](C(=O)N1CCC[C@H]1c1nc2ccc(-c3cnc(-c4ccc5nc([C@@H]6CCCN6C(=O)[C@@H](NC(=O)OC)C(C)C)[nH]c5c4)o3)cc2[nH]1)C(C)C. The standard InChI is InChI=1S/C39H47N9O7/c1-20(2)31(45-38(51)53-5)36(49)47-15-7-9-28(47)33-41-24-13-11-22(17-26(24)43-33)30-19-40-35(55-30)23-12-14-25-27(18-23)44-34(42-25)29-10-8-16-48(29)37(50)32(21(3)4)46-39(52)54-6/h11-14,17-21,28-29,31-32H,7-10,15-16H2,1-6H3,(H,41,43)(H,42,44)(H,45,51)(H,46,52)/t28-,29-,31-,32-/m0/s1. The highest BCUT2D eigenvalue weighted by Gasteiger charge is 2.39. The van der Waals surface area contributed by atoms with Crippen LogP contribution >= 0.6 is 0 Å². The molecule has 0 unspecified atom stereocenters. The minimum absolute atomic E-state index is 0.126. The fourth-order valence-electron chi connectivity index (χ4n) is 7.59. The topological polar surface area (TPSA) is 201 Å². The molecule has 2 saturated heterocycles. The molecule has 4 N–H and O–H groups in total. The highest BCUT2D eigenvalue weighted by molar-refractivity contribution is 5.88. The number of methoxy groups -OCH3 is 2. The van der Waals surface area contributed by atoms with Crippen LogP contribution < -0.4 is 10.6 Å². The Kier molecular flexibility index (Phi) is 10.5. The molecular formula is C39H47N9O7. The number of fused-ring (bicyclic) bond motifs is 2. The van der Waals surface area contributed by atoms with Gasteiger partial charge in [0, 0.05) is 24.2 Å². The van der Waals surface area contributed by atoms with E-state index in [-0.39, 0.29) is 35.7 Å². The number of hydrogen-bond donors (Lipinski definition) is 4. The number of benzene rings is 2. The summed E-state index contributed by atoms with van der Waals surface area (Å²) in [4.78, 5) is 75.9. The summed E-state index contributed by atoms with van der Waals surface area (Å²) in [6.07, 6.45) is 3.54. The molecule has 16 nitrogen and oxygen atoms in total. The number of aromatic amines is 2. The predicted molar refractivity (Wildman–Crippen MR) is 202 cm³/mol. The van der Waals surface area contributed by atoms with Crippen LogP contribution in [-0.2, 0) is 19.1 Å². The molecule has 0 radical (unpaired) electrons. The largest absolute Gasteiger partial charge is 0.453 e. The normalized spacial score (nSPS) is 18.3. The van der Waals surface area contributed by atoms with E-state index in [4.69, 9.17) is 23.9 Å². The van der Waals surface area contributed by atoms with Gasteiger partial charge in [0.15, 0.2) is 5.76 Å². The zero-order valence-corrected chi connectivity index (χ0v) is 31.8. The molecule has 0 saturated carbocycles. The van der Waals surface area contributed by atoms with E-state index in [1.165, 1.54) is 14.2 Å². The second-order valence-corrected chi connectivity index (χ2v) is 14.8. The van der Waals surface area contributed by atoms with Crippen molar-refractivity contribution in [3.8, 4) is 22.8 Å². The van der Waals surface area contributed by atoms with Gasteiger partial charge >= 0.3 is 12.2 Å². The summed E-state index contributed by atoms with van der Waals surface area (Å²) in [5.74, 6) is 1.80. The molecule has 290 valence electrons. The Hall–Kier alpha value is -5.93. The minimum atomic E-state index is -0.714. The van der Waals surface area contributed by atoms with Crippen molar-refractivity contribution >= 4 is 46.1 Å².